The number of nitrogens with one attached hydrogen (secondary N) is 1. The van der Waals surface area contributed by atoms with Gasteiger partial charge in [0.1, 0.15) is 5.75 Å². The van der Waals surface area contributed by atoms with Crippen molar-refractivity contribution >= 4 is 34.3 Å². The summed E-state index contributed by atoms with van der Waals surface area (Å²) in [5.74, 6) is 0.952. The van der Waals surface area contributed by atoms with Crippen molar-refractivity contribution in [1.82, 2.24) is 10.2 Å². The second-order valence-electron chi connectivity index (χ2n) is 7.10. The number of ether oxygens (including phenoxy) is 1. The predicted molar refractivity (Wildman–Crippen MR) is 120 cm³/mol. The van der Waals surface area contributed by atoms with E-state index in [-0.39, 0.29) is 0 Å². The van der Waals surface area contributed by atoms with Crippen LogP contribution >= 0.6 is 12.2 Å². The lowest BCUT2D eigenvalue weighted by molar-refractivity contribution is 0.318. The van der Waals surface area contributed by atoms with E-state index in [1.54, 1.807) is 0 Å². The van der Waals surface area contributed by atoms with Crippen molar-refractivity contribution in [3.05, 3.63) is 60.3 Å². The van der Waals surface area contributed by atoms with Crippen molar-refractivity contribution in [3.63, 3.8) is 0 Å². The molecule has 0 radical (unpaired) electrons. The van der Waals surface area contributed by atoms with Crippen molar-refractivity contribution in [2.24, 2.45) is 0 Å². The number of rotatable bonds is 2. The van der Waals surface area contributed by atoms with Crippen LogP contribution in [0.2, 0.25) is 0 Å². The van der Waals surface area contributed by atoms with Crippen LogP contribution in [0.15, 0.2) is 54.7 Å². The van der Waals surface area contributed by atoms with Gasteiger partial charge in [0.15, 0.2) is 5.11 Å². The van der Waals surface area contributed by atoms with Crippen LogP contribution in [0.1, 0.15) is 18.4 Å². The van der Waals surface area contributed by atoms with E-state index in [1.807, 2.05) is 36.4 Å². The molecule has 2 aliphatic heterocycles. The van der Waals surface area contributed by atoms with Crippen LogP contribution in [0.25, 0.3) is 5.57 Å². The molecule has 0 atom stereocenters. The molecule has 0 aromatic heterocycles. The van der Waals surface area contributed by atoms with E-state index in [0.29, 0.717) is 0 Å². The minimum Gasteiger partial charge on any atom is -0.493 e. The van der Waals surface area contributed by atoms with Crippen LogP contribution in [0.5, 0.6) is 5.75 Å². The predicted octanol–water partition coefficient (Wildman–Crippen LogP) is 3.48. The second-order valence-corrected chi connectivity index (χ2v) is 7.49. The number of nitrogens with two attached hydrogens (primary N) is 1. The van der Waals surface area contributed by atoms with Crippen molar-refractivity contribution < 1.29 is 4.74 Å². The van der Waals surface area contributed by atoms with Gasteiger partial charge in [0.2, 0.25) is 0 Å². The number of nitrogen functional groups attached to an aromatic ring is 1. The standard InChI is InChI=1S/C22H26N4OS/c23-19-8-2-3-9-20(19)25-11-13-26(14-12-25)22(28)24-16-17-6-5-15-27-21-10-4-1-7-18(17)21/h1-4,7-10,16H,5-6,11-15,23H2,(H,24,28)/b17-16-. The van der Waals surface area contributed by atoms with Crippen molar-refractivity contribution in [2.45, 2.75) is 12.8 Å². The Morgan fingerprint density at radius 2 is 1.79 bits per heavy atom. The van der Waals surface area contributed by atoms with Crippen LogP contribution in [-0.4, -0.2) is 42.8 Å². The molecule has 0 saturated carbocycles. The quantitative estimate of drug-likeness (QED) is 0.601. The molecule has 0 aliphatic carbocycles. The first-order valence-corrected chi connectivity index (χ1v) is 10.2. The molecule has 0 bridgehead atoms. The summed E-state index contributed by atoms with van der Waals surface area (Å²) in [6.07, 6.45) is 4.04. The summed E-state index contributed by atoms with van der Waals surface area (Å²) in [4.78, 5) is 4.55. The van der Waals surface area contributed by atoms with Gasteiger partial charge in [-0.15, -0.1) is 0 Å². The third-order valence-electron chi connectivity index (χ3n) is 5.30. The topological polar surface area (TPSA) is 53.8 Å². The van der Waals surface area contributed by atoms with E-state index < -0.39 is 0 Å². The highest BCUT2D eigenvalue weighted by atomic mass is 32.1. The number of anilines is 2. The first kappa shape index (κ1) is 18.6. The molecule has 0 amide bonds. The zero-order valence-corrected chi connectivity index (χ0v) is 16.8. The van der Waals surface area contributed by atoms with Gasteiger partial charge in [0.05, 0.1) is 18.0 Å². The molecule has 6 heteroatoms. The van der Waals surface area contributed by atoms with E-state index in [0.717, 1.165) is 73.4 Å². The van der Waals surface area contributed by atoms with Gasteiger partial charge in [0, 0.05) is 37.9 Å². The fraction of sp³-hybridized carbons (Fsp3) is 0.318. The number of hydrogen-bond acceptors (Lipinski definition) is 4. The van der Waals surface area contributed by atoms with Crippen molar-refractivity contribution in [2.75, 3.05) is 43.4 Å². The van der Waals surface area contributed by atoms with E-state index in [1.165, 1.54) is 5.57 Å². The number of para-hydroxylation sites is 3. The molecular formula is C22H26N4OS. The highest BCUT2D eigenvalue weighted by Crippen LogP contribution is 2.31. The molecule has 1 fully saturated rings. The Kier molecular flexibility index (Phi) is 5.67. The van der Waals surface area contributed by atoms with Gasteiger partial charge in [-0.2, -0.15) is 0 Å². The minimum atomic E-state index is 0.753. The van der Waals surface area contributed by atoms with Gasteiger partial charge in [-0.1, -0.05) is 30.3 Å². The van der Waals surface area contributed by atoms with E-state index in [4.69, 9.17) is 22.7 Å². The highest BCUT2D eigenvalue weighted by Gasteiger charge is 2.20. The summed E-state index contributed by atoms with van der Waals surface area (Å²) in [6, 6.07) is 16.2. The lowest BCUT2D eigenvalue weighted by Crippen LogP contribution is -2.51. The molecule has 5 nitrogen and oxygen atoms in total. The highest BCUT2D eigenvalue weighted by molar-refractivity contribution is 7.80. The zero-order chi connectivity index (χ0) is 19.3. The molecule has 28 heavy (non-hydrogen) atoms. The molecule has 0 spiro atoms. The van der Waals surface area contributed by atoms with Crippen LogP contribution < -0.4 is 20.7 Å². The minimum absolute atomic E-state index is 0.753. The number of thiocarbonyl (C=S) groups is 1. The molecule has 146 valence electrons. The molecule has 2 aliphatic rings. The summed E-state index contributed by atoms with van der Waals surface area (Å²) in [5.41, 5.74) is 10.4. The molecule has 2 heterocycles. The van der Waals surface area contributed by atoms with Crippen molar-refractivity contribution in [1.29, 1.82) is 0 Å². The third kappa shape index (κ3) is 4.07. The zero-order valence-electron chi connectivity index (χ0n) is 15.9. The summed E-state index contributed by atoms with van der Waals surface area (Å²) in [7, 11) is 0. The van der Waals surface area contributed by atoms with Gasteiger partial charge >= 0.3 is 0 Å². The maximum Gasteiger partial charge on any atom is 0.173 e. The Balaban J connectivity index is 1.38. The Morgan fingerprint density at radius 1 is 1.04 bits per heavy atom. The van der Waals surface area contributed by atoms with E-state index in [9.17, 15) is 0 Å². The second kappa shape index (κ2) is 8.52. The Bertz CT molecular complexity index is 874. The van der Waals surface area contributed by atoms with Gasteiger partial charge in [0.25, 0.3) is 0 Å². The molecule has 4 rings (SSSR count). The Hall–Kier alpha value is -2.73. The molecule has 1 saturated heterocycles. The van der Waals surface area contributed by atoms with Gasteiger partial charge in [-0.3, -0.25) is 0 Å². The van der Waals surface area contributed by atoms with Crippen LogP contribution in [0, 0.1) is 0 Å². The summed E-state index contributed by atoms with van der Waals surface area (Å²) in [5, 5.41) is 4.13. The number of fused-ring (bicyclic) bond motifs is 1. The number of benzene rings is 2. The van der Waals surface area contributed by atoms with Gasteiger partial charge in [-0.25, -0.2) is 0 Å². The summed E-state index contributed by atoms with van der Waals surface area (Å²) >= 11 is 5.65. The van der Waals surface area contributed by atoms with Gasteiger partial charge < -0.3 is 25.6 Å². The fourth-order valence-corrected chi connectivity index (χ4v) is 3.99. The number of piperazine rings is 1. The van der Waals surface area contributed by atoms with Crippen LogP contribution in [0.4, 0.5) is 11.4 Å². The Morgan fingerprint density at radius 3 is 2.61 bits per heavy atom. The maximum absolute atomic E-state index is 6.12. The summed E-state index contributed by atoms with van der Waals surface area (Å²) in [6.45, 7) is 4.32. The molecule has 2 aromatic carbocycles. The number of hydrogen-bond donors (Lipinski definition) is 2. The SMILES string of the molecule is Nc1ccccc1N1CCN(C(=S)N/C=C2/CCCOc3ccccc32)CC1. The number of nitrogens with zero attached hydrogens (tertiary/aromatic N) is 2. The average Bonchev–Trinajstić information content (AvgIpc) is 2.95. The smallest absolute Gasteiger partial charge is 0.173 e. The largest absolute Gasteiger partial charge is 0.493 e. The fourth-order valence-electron chi connectivity index (χ4n) is 3.75. The number of allylic oxidation sites excluding steroid dienone is 1. The van der Waals surface area contributed by atoms with Gasteiger partial charge in [-0.05, 0) is 48.8 Å². The molecule has 2 aromatic rings. The van der Waals surface area contributed by atoms with Crippen molar-refractivity contribution in [3.8, 4) is 5.75 Å². The lowest BCUT2D eigenvalue weighted by atomic mass is 10.0. The van der Waals surface area contributed by atoms with Crippen LogP contribution in [0.3, 0.4) is 0 Å². The molecule has 0 unspecified atom stereocenters. The Labute approximate surface area is 171 Å². The molecule has 3 N–H and O–H groups in total. The maximum atomic E-state index is 6.12. The van der Waals surface area contributed by atoms with Crippen LogP contribution in [-0.2, 0) is 0 Å². The normalized spacial score (nSPS) is 18.2. The third-order valence-corrected chi connectivity index (χ3v) is 5.67. The first-order chi connectivity index (χ1) is 13.7. The first-order valence-electron chi connectivity index (χ1n) is 9.78. The van der Waals surface area contributed by atoms with E-state index in [2.05, 4.69) is 33.4 Å². The summed E-state index contributed by atoms with van der Waals surface area (Å²) < 4.78 is 5.84. The lowest BCUT2D eigenvalue weighted by Gasteiger charge is -2.37. The van der Waals surface area contributed by atoms with E-state index >= 15 is 0 Å². The average molecular weight is 395 g/mol. The monoisotopic (exact) mass is 394 g/mol. The molecular weight excluding hydrogens is 368 g/mol.